The second-order valence-corrected chi connectivity index (χ2v) is 7.63. The van der Waals surface area contributed by atoms with E-state index >= 15 is 0 Å². The molecule has 0 radical (unpaired) electrons. The number of piperidine rings is 1. The summed E-state index contributed by atoms with van der Waals surface area (Å²) in [4.78, 5) is 22.7. The Bertz CT molecular complexity index is 535. The number of nitrogens with zero attached hydrogens (tertiary/aromatic N) is 1. The maximum atomic E-state index is 12.1. The molecule has 0 saturated carbocycles. The molecular formula is C20H31NO3. The fourth-order valence-electron chi connectivity index (χ4n) is 2.75. The number of aryl methyl sites for hydroxylation is 1. The molecule has 0 atom stereocenters. The Hall–Kier alpha value is -1.84. The number of likely N-dealkylation sites (tertiary alicyclic amines) is 1. The van der Waals surface area contributed by atoms with E-state index in [1.807, 2.05) is 25.7 Å². The molecule has 4 nitrogen and oxygen atoms in total. The predicted molar refractivity (Wildman–Crippen MR) is 97.3 cm³/mol. The van der Waals surface area contributed by atoms with Crippen molar-refractivity contribution < 1.29 is 14.3 Å². The van der Waals surface area contributed by atoms with Crippen LogP contribution in [0.1, 0.15) is 58.6 Å². The molecule has 0 spiro atoms. The molecule has 1 saturated heterocycles. The molecule has 1 aliphatic heterocycles. The lowest BCUT2D eigenvalue weighted by atomic mass is 9.74. The van der Waals surface area contributed by atoms with Crippen LogP contribution < -0.4 is 0 Å². The lowest BCUT2D eigenvalue weighted by Crippen LogP contribution is -2.45. The Morgan fingerprint density at radius 2 is 1.62 bits per heavy atom. The lowest BCUT2D eigenvalue weighted by molar-refractivity contribution is -0.106. The van der Waals surface area contributed by atoms with Crippen LogP contribution in [0.3, 0.4) is 0 Å². The topological polar surface area (TPSA) is 46.6 Å². The number of hydrogen-bond acceptors (Lipinski definition) is 3. The van der Waals surface area contributed by atoms with Gasteiger partial charge in [-0.25, -0.2) is 4.79 Å². The summed E-state index contributed by atoms with van der Waals surface area (Å²) in [5.74, 6) is 0. The Labute approximate surface area is 146 Å². The van der Waals surface area contributed by atoms with Crippen molar-refractivity contribution in [3.8, 4) is 0 Å². The van der Waals surface area contributed by atoms with Crippen LogP contribution >= 0.6 is 0 Å². The van der Waals surface area contributed by atoms with Crippen molar-refractivity contribution in [1.29, 1.82) is 0 Å². The Kier molecular flexibility index (Phi) is 7.00. The van der Waals surface area contributed by atoms with E-state index in [-0.39, 0.29) is 11.5 Å². The standard InChI is InChI=1S/C18H27NO2.C2H4O/c1-14-6-8-15(9-7-14)18(5)10-12-19(13-11-18)16(20)21-17(2,3)4;1-2-3/h6-9H,10-13H2,1-5H3;2H,1H3. The third-order valence-corrected chi connectivity index (χ3v) is 4.27. The zero-order valence-corrected chi connectivity index (χ0v) is 15.9. The molecule has 1 aromatic rings. The SMILES string of the molecule is CC=O.Cc1ccc(C2(C)CCN(C(=O)OC(C)(C)C)CC2)cc1. The maximum absolute atomic E-state index is 12.1. The first kappa shape index (κ1) is 20.2. The normalized spacial score (nSPS) is 16.7. The summed E-state index contributed by atoms with van der Waals surface area (Å²) in [5.41, 5.74) is 2.39. The minimum atomic E-state index is -0.422. The van der Waals surface area contributed by atoms with Crippen LogP contribution in [0, 0.1) is 6.92 Å². The molecule has 0 aromatic heterocycles. The van der Waals surface area contributed by atoms with Crippen LogP contribution in [-0.4, -0.2) is 36.0 Å². The van der Waals surface area contributed by atoms with Gasteiger partial charge in [0.25, 0.3) is 0 Å². The van der Waals surface area contributed by atoms with E-state index in [0.717, 1.165) is 32.2 Å². The molecule has 134 valence electrons. The summed E-state index contributed by atoms with van der Waals surface area (Å²) in [5, 5.41) is 0. The number of amides is 1. The summed E-state index contributed by atoms with van der Waals surface area (Å²) in [6.07, 6.45) is 2.53. The monoisotopic (exact) mass is 333 g/mol. The number of carbonyl (C=O) groups is 2. The second kappa shape index (κ2) is 8.32. The highest BCUT2D eigenvalue weighted by Gasteiger charge is 2.34. The van der Waals surface area contributed by atoms with Gasteiger partial charge in [-0.15, -0.1) is 0 Å². The van der Waals surface area contributed by atoms with E-state index in [1.54, 1.807) is 0 Å². The number of ether oxygens (including phenoxy) is 1. The van der Waals surface area contributed by atoms with Gasteiger partial charge in [0.1, 0.15) is 11.9 Å². The van der Waals surface area contributed by atoms with Crippen molar-refractivity contribution in [2.45, 2.75) is 65.4 Å². The van der Waals surface area contributed by atoms with Crippen LogP contribution in [0.15, 0.2) is 24.3 Å². The largest absolute Gasteiger partial charge is 0.444 e. The molecule has 4 heteroatoms. The van der Waals surface area contributed by atoms with Gasteiger partial charge < -0.3 is 14.4 Å². The van der Waals surface area contributed by atoms with Gasteiger partial charge >= 0.3 is 6.09 Å². The highest BCUT2D eigenvalue weighted by atomic mass is 16.6. The third kappa shape index (κ3) is 5.99. The van der Waals surface area contributed by atoms with Crippen LogP contribution in [0.4, 0.5) is 4.79 Å². The number of rotatable bonds is 1. The second-order valence-electron chi connectivity index (χ2n) is 7.63. The average Bonchev–Trinajstić information content (AvgIpc) is 2.47. The fourth-order valence-corrected chi connectivity index (χ4v) is 2.75. The van der Waals surface area contributed by atoms with Crippen molar-refractivity contribution in [2.24, 2.45) is 0 Å². The van der Waals surface area contributed by atoms with Crippen LogP contribution in [-0.2, 0) is 14.9 Å². The summed E-state index contributed by atoms with van der Waals surface area (Å²) in [6, 6.07) is 8.78. The molecule has 1 heterocycles. The number of aldehydes is 1. The minimum absolute atomic E-state index is 0.159. The molecule has 0 aliphatic carbocycles. The zero-order chi connectivity index (χ0) is 18.4. The zero-order valence-electron chi connectivity index (χ0n) is 15.9. The summed E-state index contributed by atoms with van der Waals surface area (Å²) in [6.45, 7) is 13.1. The van der Waals surface area contributed by atoms with Crippen molar-refractivity contribution in [1.82, 2.24) is 4.90 Å². The quantitative estimate of drug-likeness (QED) is 0.711. The van der Waals surface area contributed by atoms with Gasteiger partial charge in [-0.2, -0.15) is 0 Å². The fraction of sp³-hybridized carbons (Fsp3) is 0.600. The molecule has 1 amide bonds. The number of carbonyl (C=O) groups excluding carboxylic acids is 2. The molecule has 1 aliphatic rings. The minimum Gasteiger partial charge on any atom is -0.444 e. The Morgan fingerprint density at radius 3 is 2.04 bits per heavy atom. The maximum Gasteiger partial charge on any atom is 0.410 e. The summed E-state index contributed by atoms with van der Waals surface area (Å²) >= 11 is 0. The third-order valence-electron chi connectivity index (χ3n) is 4.27. The highest BCUT2D eigenvalue weighted by molar-refractivity contribution is 5.68. The molecule has 0 unspecified atom stereocenters. The van der Waals surface area contributed by atoms with Gasteiger partial charge in [-0.1, -0.05) is 36.8 Å². The van der Waals surface area contributed by atoms with Crippen LogP contribution in [0.25, 0.3) is 0 Å². The molecule has 2 rings (SSSR count). The van der Waals surface area contributed by atoms with Gasteiger partial charge in [-0.05, 0) is 58.4 Å². The van der Waals surface area contributed by atoms with Crippen molar-refractivity contribution >= 4 is 12.4 Å². The Balaban J connectivity index is 0.000000891. The molecule has 1 fully saturated rings. The van der Waals surface area contributed by atoms with Crippen molar-refractivity contribution in [3.05, 3.63) is 35.4 Å². The van der Waals surface area contributed by atoms with E-state index < -0.39 is 5.60 Å². The van der Waals surface area contributed by atoms with Gasteiger partial charge in [0.2, 0.25) is 0 Å². The van der Waals surface area contributed by atoms with E-state index in [9.17, 15) is 4.79 Å². The molecule has 0 bridgehead atoms. The van der Waals surface area contributed by atoms with E-state index in [2.05, 4.69) is 38.1 Å². The smallest absolute Gasteiger partial charge is 0.410 e. The first-order chi connectivity index (χ1) is 11.1. The molecule has 1 aromatic carbocycles. The van der Waals surface area contributed by atoms with Crippen molar-refractivity contribution in [2.75, 3.05) is 13.1 Å². The van der Waals surface area contributed by atoms with E-state index in [1.165, 1.54) is 18.1 Å². The van der Waals surface area contributed by atoms with Crippen molar-refractivity contribution in [3.63, 3.8) is 0 Å². The summed E-state index contributed by atoms with van der Waals surface area (Å²) < 4.78 is 5.45. The first-order valence-corrected chi connectivity index (χ1v) is 8.56. The average molecular weight is 333 g/mol. The first-order valence-electron chi connectivity index (χ1n) is 8.56. The van der Waals surface area contributed by atoms with Gasteiger partial charge in [0.15, 0.2) is 0 Å². The van der Waals surface area contributed by atoms with E-state index in [4.69, 9.17) is 9.53 Å². The Morgan fingerprint density at radius 1 is 1.17 bits per heavy atom. The molecule has 24 heavy (non-hydrogen) atoms. The van der Waals surface area contributed by atoms with Gasteiger partial charge in [0, 0.05) is 13.1 Å². The lowest BCUT2D eigenvalue weighted by Gasteiger charge is -2.40. The number of hydrogen-bond donors (Lipinski definition) is 0. The van der Waals surface area contributed by atoms with Crippen LogP contribution in [0.2, 0.25) is 0 Å². The highest BCUT2D eigenvalue weighted by Crippen LogP contribution is 2.35. The van der Waals surface area contributed by atoms with E-state index in [0.29, 0.717) is 0 Å². The predicted octanol–water partition coefficient (Wildman–Crippen LogP) is 4.49. The van der Waals surface area contributed by atoms with Gasteiger partial charge in [0.05, 0.1) is 0 Å². The number of benzene rings is 1. The molecular weight excluding hydrogens is 302 g/mol. The summed E-state index contributed by atoms with van der Waals surface area (Å²) in [7, 11) is 0. The molecule has 0 N–H and O–H groups in total. The van der Waals surface area contributed by atoms with Gasteiger partial charge in [-0.3, -0.25) is 0 Å². The van der Waals surface area contributed by atoms with Crippen LogP contribution in [0.5, 0.6) is 0 Å².